The van der Waals surface area contributed by atoms with E-state index in [-0.39, 0.29) is 6.04 Å². The van der Waals surface area contributed by atoms with Crippen molar-refractivity contribution in [3.63, 3.8) is 0 Å². The van der Waals surface area contributed by atoms with E-state index in [0.29, 0.717) is 22.5 Å². The molecule has 0 atom stereocenters. The highest BCUT2D eigenvalue weighted by molar-refractivity contribution is 7.13. The zero-order valence-electron chi connectivity index (χ0n) is 14.5. The standard InChI is InChI=1S/C20H17FN4OS/c21-19-17-18(16-10-15(11-27-16)26-14-8-2-1-3-9-14)24-25(13-6-4-5-7-13)20(17)23-12-22-19/h1-3,8-13H,4-7H2. The van der Waals surface area contributed by atoms with Gasteiger partial charge in [0.05, 0.1) is 10.9 Å². The number of aromatic nitrogens is 4. The summed E-state index contributed by atoms with van der Waals surface area (Å²) in [4.78, 5) is 8.92. The van der Waals surface area contributed by atoms with E-state index in [2.05, 4.69) is 9.97 Å². The van der Waals surface area contributed by atoms with Gasteiger partial charge in [0.2, 0.25) is 5.95 Å². The van der Waals surface area contributed by atoms with Crippen LogP contribution in [-0.2, 0) is 0 Å². The largest absolute Gasteiger partial charge is 0.456 e. The van der Waals surface area contributed by atoms with E-state index in [1.165, 1.54) is 30.5 Å². The second kappa shape index (κ2) is 6.74. The zero-order chi connectivity index (χ0) is 18.2. The summed E-state index contributed by atoms with van der Waals surface area (Å²) in [6, 6.07) is 11.7. The van der Waals surface area contributed by atoms with Gasteiger partial charge in [-0.2, -0.15) is 9.49 Å². The first-order valence-corrected chi connectivity index (χ1v) is 9.88. The molecule has 5 rings (SSSR count). The molecule has 1 aliphatic rings. The maximum atomic E-state index is 14.6. The molecular formula is C20H17FN4OS. The predicted molar refractivity (Wildman–Crippen MR) is 103 cm³/mol. The van der Waals surface area contributed by atoms with Crippen LogP contribution in [0.1, 0.15) is 31.7 Å². The summed E-state index contributed by atoms with van der Waals surface area (Å²) in [5, 5.41) is 7.05. The molecule has 0 unspecified atom stereocenters. The molecule has 1 aliphatic carbocycles. The predicted octanol–water partition coefficient (Wildman–Crippen LogP) is 5.60. The molecule has 0 aliphatic heterocycles. The van der Waals surface area contributed by atoms with Gasteiger partial charge in [0.15, 0.2) is 5.65 Å². The molecule has 0 saturated heterocycles. The van der Waals surface area contributed by atoms with E-state index in [0.717, 1.165) is 23.5 Å². The van der Waals surface area contributed by atoms with Gasteiger partial charge in [-0.25, -0.2) is 14.6 Å². The van der Waals surface area contributed by atoms with Crippen LogP contribution in [0.15, 0.2) is 48.1 Å². The number of rotatable bonds is 4. The molecule has 136 valence electrons. The Morgan fingerprint density at radius 3 is 2.70 bits per heavy atom. The van der Waals surface area contributed by atoms with Crippen LogP contribution in [0, 0.1) is 5.95 Å². The molecule has 0 amide bonds. The number of benzene rings is 1. The maximum absolute atomic E-state index is 14.6. The fourth-order valence-corrected chi connectivity index (χ4v) is 4.43. The Balaban J connectivity index is 1.57. The molecule has 3 aromatic heterocycles. The number of hydrogen-bond acceptors (Lipinski definition) is 5. The van der Waals surface area contributed by atoms with Crippen LogP contribution in [0.5, 0.6) is 11.5 Å². The molecule has 0 radical (unpaired) electrons. The SMILES string of the molecule is Fc1ncnc2c1c(-c1cc(Oc3ccccc3)cs1)nn2C1CCCC1. The van der Waals surface area contributed by atoms with Gasteiger partial charge in [-0.05, 0) is 25.0 Å². The Morgan fingerprint density at radius 1 is 1.07 bits per heavy atom. The van der Waals surface area contributed by atoms with Gasteiger partial charge in [0, 0.05) is 11.4 Å². The lowest BCUT2D eigenvalue weighted by atomic mass is 10.2. The first-order chi connectivity index (χ1) is 13.3. The zero-order valence-corrected chi connectivity index (χ0v) is 15.3. The smallest absolute Gasteiger partial charge is 0.227 e. The van der Waals surface area contributed by atoms with Crippen molar-refractivity contribution in [3.8, 4) is 22.1 Å². The Bertz CT molecular complexity index is 1090. The molecule has 5 nitrogen and oxygen atoms in total. The van der Waals surface area contributed by atoms with Gasteiger partial charge < -0.3 is 4.74 Å². The highest BCUT2D eigenvalue weighted by Crippen LogP contribution is 2.39. The highest BCUT2D eigenvalue weighted by atomic mass is 32.1. The second-order valence-corrected chi connectivity index (χ2v) is 7.57. The van der Waals surface area contributed by atoms with Crippen molar-refractivity contribution in [2.75, 3.05) is 0 Å². The molecular weight excluding hydrogens is 363 g/mol. The fraction of sp³-hybridized carbons (Fsp3) is 0.250. The monoisotopic (exact) mass is 380 g/mol. The van der Waals surface area contributed by atoms with Crippen molar-refractivity contribution in [2.45, 2.75) is 31.7 Å². The summed E-state index contributed by atoms with van der Waals surface area (Å²) in [5.41, 5.74) is 1.16. The van der Waals surface area contributed by atoms with Crippen LogP contribution >= 0.6 is 11.3 Å². The Labute approximate surface area is 159 Å². The topological polar surface area (TPSA) is 52.8 Å². The first-order valence-electron chi connectivity index (χ1n) is 9.00. The Morgan fingerprint density at radius 2 is 1.89 bits per heavy atom. The molecule has 0 spiro atoms. The number of para-hydroxylation sites is 1. The quantitative estimate of drug-likeness (QED) is 0.432. The molecule has 7 heteroatoms. The van der Waals surface area contributed by atoms with Crippen molar-refractivity contribution < 1.29 is 9.13 Å². The van der Waals surface area contributed by atoms with E-state index in [1.807, 2.05) is 46.5 Å². The first kappa shape index (κ1) is 16.4. The average Bonchev–Trinajstić information content (AvgIpc) is 3.42. The van der Waals surface area contributed by atoms with E-state index in [9.17, 15) is 4.39 Å². The van der Waals surface area contributed by atoms with E-state index in [4.69, 9.17) is 9.84 Å². The lowest BCUT2D eigenvalue weighted by Gasteiger charge is -2.09. The summed E-state index contributed by atoms with van der Waals surface area (Å²) in [7, 11) is 0. The third kappa shape index (κ3) is 2.98. The maximum Gasteiger partial charge on any atom is 0.227 e. The molecule has 1 saturated carbocycles. The van der Waals surface area contributed by atoms with Gasteiger partial charge in [-0.3, -0.25) is 0 Å². The van der Waals surface area contributed by atoms with Crippen LogP contribution in [-0.4, -0.2) is 19.7 Å². The van der Waals surface area contributed by atoms with Crippen LogP contribution in [0.25, 0.3) is 21.6 Å². The van der Waals surface area contributed by atoms with Crippen LogP contribution in [0.4, 0.5) is 4.39 Å². The van der Waals surface area contributed by atoms with Gasteiger partial charge in [-0.1, -0.05) is 31.0 Å². The van der Waals surface area contributed by atoms with Gasteiger partial charge in [0.25, 0.3) is 0 Å². The number of hydrogen-bond donors (Lipinski definition) is 0. The molecule has 1 aromatic carbocycles. The molecule has 1 fully saturated rings. The third-order valence-electron chi connectivity index (χ3n) is 4.90. The molecule has 27 heavy (non-hydrogen) atoms. The Kier molecular flexibility index (Phi) is 4.09. The van der Waals surface area contributed by atoms with E-state index < -0.39 is 5.95 Å². The van der Waals surface area contributed by atoms with Gasteiger partial charge in [-0.15, -0.1) is 11.3 Å². The summed E-state index contributed by atoms with van der Waals surface area (Å²) in [6.45, 7) is 0. The van der Waals surface area contributed by atoms with Gasteiger partial charge in [0.1, 0.15) is 28.9 Å². The minimum Gasteiger partial charge on any atom is -0.456 e. The van der Waals surface area contributed by atoms with E-state index in [1.54, 1.807) is 0 Å². The molecule has 0 bridgehead atoms. The average molecular weight is 380 g/mol. The third-order valence-corrected chi connectivity index (χ3v) is 5.82. The lowest BCUT2D eigenvalue weighted by Crippen LogP contribution is -2.07. The van der Waals surface area contributed by atoms with Crippen molar-refractivity contribution in [1.29, 1.82) is 0 Å². The number of ether oxygens (including phenoxy) is 1. The number of fused-ring (bicyclic) bond motifs is 1. The van der Waals surface area contributed by atoms with Crippen LogP contribution in [0.3, 0.4) is 0 Å². The summed E-state index contributed by atoms with van der Waals surface area (Å²) >= 11 is 1.48. The summed E-state index contributed by atoms with van der Waals surface area (Å²) < 4.78 is 22.3. The second-order valence-electron chi connectivity index (χ2n) is 6.66. The highest BCUT2D eigenvalue weighted by Gasteiger charge is 2.25. The van der Waals surface area contributed by atoms with Gasteiger partial charge >= 0.3 is 0 Å². The summed E-state index contributed by atoms with van der Waals surface area (Å²) in [6.07, 6.45) is 5.71. The van der Waals surface area contributed by atoms with Crippen LogP contribution < -0.4 is 4.74 Å². The number of halogens is 1. The lowest BCUT2D eigenvalue weighted by molar-refractivity contribution is 0.479. The van der Waals surface area contributed by atoms with Crippen LogP contribution in [0.2, 0.25) is 0 Å². The summed E-state index contributed by atoms with van der Waals surface area (Å²) in [5.74, 6) is 0.943. The molecule has 4 aromatic rings. The minimum atomic E-state index is -0.529. The fourth-order valence-electron chi connectivity index (χ4n) is 3.64. The Hall–Kier alpha value is -2.80. The molecule has 3 heterocycles. The van der Waals surface area contributed by atoms with Crippen molar-refractivity contribution in [1.82, 2.24) is 19.7 Å². The number of nitrogens with zero attached hydrogens (tertiary/aromatic N) is 4. The van der Waals surface area contributed by atoms with E-state index >= 15 is 0 Å². The van der Waals surface area contributed by atoms with Crippen molar-refractivity contribution in [3.05, 3.63) is 54.1 Å². The normalized spacial score (nSPS) is 14.9. The minimum absolute atomic E-state index is 0.274. The number of thiophene rings is 1. The van der Waals surface area contributed by atoms with Crippen molar-refractivity contribution in [2.24, 2.45) is 0 Å². The van der Waals surface area contributed by atoms with Crippen molar-refractivity contribution >= 4 is 22.4 Å². The molecule has 0 N–H and O–H groups in total.